The van der Waals surface area contributed by atoms with Crippen LogP contribution in [0.1, 0.15) is 5.69 Å². The van der Waals surface area contributed by atoms with Crippen LogP contribution < -0.4 is 10.9 Å². The number of benzene rings is 1. The molecule has 0 saturated carbocycles. The Morgan fingerprint density at radius 2 is 2.04 bits per heavy atom. The van der Waals surface area contributed by atoms with Crippen LogP contribution in [0.5, 0.6) is 0 Å². The lowest BCUT2D eigenvalue weighted by molar-refractivity contribution is -0.113. The number of anilines is 1. The van der Waals surface area contributed by atoms with Crippen LogP contribution in [0.15, 0.2) is 45.2 Å². The van der Waals surface area contributed by atoms with Gasteiger partial charge in [0.1, 0.15) is 0 Å². The predicted molar refractivity (Wildman–Crippen MR) is 96.3 cm³/mol. The molecular formula is C15H18N4O4S2. The normalized spacial score (nSPS) is 11.5. The number of carbonyl (C=O) groups is 1. The quantitative estimate of drug-likeness (QED) is 0.571. The molecule has 1 heterocycles. The number of thioether (sulfide) groups is 1. The minimum atomic E-state index is -3.57. The fraction of sp³-hybridized carbons (Fsp3) is 0.267. The van der Waals surface area contributed by atoms with Gasteiger partial charge >= 0.3 is 0 Å². The summed E-state index contributed by atoms with van der Waals surface area (Å²) in [7, 11) is -0.698. The number of carbonyl (C=O) groups excluding carboxylic acids is 1. The Bertz CT molecular complexity index is 939. The number of amides is 1. The van der Waals surface area contributed by atoms with Gasteiger partial charge in [0.25, 0.3) is 5.56 Å². The van der Waals surface area contributed by atoms with E-state index in [2.05, 4.69) is 15.3 Å². The number of nitrogens with one attached hydrogen (secondary N) is 2. The summed E-state index contributed by atoms with van der Waals surface area (Å²) in [5.41, 5.74) is 0.657. The summed E-state index contributed by atoms with van der Waals surface area (Å²) in [5.74, 6) is -0.314. The van der Waals surface area contributed by atoms with E-state index >= 15 is 0 Å². The van der Waals surface area contributed by atoms with Crippen LogP contribution in [0.2, 0.25) is 0 Å². The van der Waals surface area contributed by atoms with Gasteiger partial charge in [-0.2, -0.15) is 0 Å². The standard InChI is InChI=1S/C15H18N4O4S2/c1-10-7-13(20)18-15(16-10)24-9-14(21)17-11-5-4-6-12(8-11)25(22,23)19(2)3/h4-8H,9H2,1-3H3,(H,17,21)(H,16,18,20). The lowest BCUT2D eigenvalue weighted by Gasteiger charge is -2.12. The van der Waals surface area contributed by atoms with Crippen molar-refractivity contribution in [2.75, 3.05) is 25.2 Å². The number of H-pyrrole nitrogens is 1. The number of rotatable bonds is 6. The largest absolute Gasteiger partial charge is 0.325 e. The van der Waals surface area contributed by atoms with Crippen molar-refractivity contribution in [3.05, 3.63) is 46.4 Å². The highest BCUT2D eigenvalue weighted by atomic mass is 32.2. The summed E-state index contributed by atoms with van der Waals surface area (Å²) < 4.78 is 25.3. The van der Waals surface area contributed by atoms with E-state index in [1.807, 2.05) is 0 Å². The van der Waals surface area contributed by atoms with E-state index in [1.54, 1.807) is 19.1 Å². The van der Waals surface area contributed by atoms with Crippen LogP contribution in [0.25, 0.3) is 0 Å². The molecule has 8 nitrogen and oxygen atoms in total. The molecule has 2 rings (SSSR count). The van der Waals surface area contributed by atoms with Crippen molar-refractivity contribution in [3.63, 3.8) is 0 Å². The zero-order valence-corrected chi connectivity index (χ0v) is 15.6. The molecule has 1 aromatic carbocycles. The van der Waals surface area contributed by atoms with Crippen molar-refractivity contribution < 1.29 is 13.2 Å². The Kier molecular flexibility index (Phi) is 5.98. The number of sulfonamides is 1. The average molecular weight is 382 g/mol. The maximum Gasteiger partial charge on any atom is 0.251 e. The molecule has 0 spiro atoms. The number of aromatic amines is 1. The summed E-state index contributed by atoms with van der Waals surface area (Å²) in [6.45, 7) is 1.69. The predicted octanol–water partition coefficient (Wildman–Crippen LogP) is 1.06. The Hall–Kier alpha value is -2.17. The molecule has 1 amide bonds. The fourth-order valence-corrected chi connectivity index (χ4v) is 3.57. The number of aromatic nitrogens is 2. The first kappa shape index (κ1) is 19.2. The Morgan fingerprint density at radius 3 is 2.68 bits per heavy atom. The smallest absolute Gasteiger partial charge is 0.251 e. The van der Waals surface area contributed by atoms with Crippen LogP contribution >= 0.6 is 11.8 Å². The number of nitrogens with zero attached hydrogens (tertiary/aromatic N) is 2. The molecule has 134 valence electrons. The van der Waals surface area contributed by atoms with E-state index in [4.69, 9.17) is 0 Å². The van der Waals surface area contributed by atoms with Gasteiger partial charge in [-0.05, 0) is 25.1 Å². The third-order valence-corrected chi connectivity index (χ3v) is 5.77. The van der Waals surface area contributed by atoms with Gasteiger partial charge in [-0.25, -0.2) is 17.7 Å². The van der Waals surface area contributed by atoms with Crippen molar-refractivity contribution in [3.8, 4) is 0 Å². The molecule has 0 radical (unpaired) electrons. The summed E-state index contributed by atoms with van der Waals surface area (Å²) in [6.07, 6.45) is 0. The maximum absolute atomic E-state index is 12.1. The van der Waals surface area contributed by atoms with Crippen molar-refractivity contribution >= 4 is 33.4 Å². The van der Waals surface area contributed by atoms with Crippen LogP contribution in [-0.2, 0) is 14.8 Å². The molecule has 0 saturated heterocycles. The second-order valence-electron chi connectivity index (χ2n) is 5.34. The van der Waals surface area contributed by atoms with Gasteiger partial charge in [-0.3, -0.25) is 9.59 Å². The van der Waals surface area contributed by atoms with Crippen LogP contribution in [0.4, 0.5) is 5.69 Å². The van der Waals surface area contributed by atoms with Gasteiger partial charge in [0, 0.05) is 31.5 Å². The van der Waals surface area contributed by atoms with E-state index in [1.165, 1.54) is 32.3 Å². The zero-order chi connectivity index (χ0) is 18.6. The van der Waals surface area contributed by atoms with Crippen molar-refractivity contribution in [2.24, 2.45) is 0 Å². The third-order valence-electron chi connectivity index (χ3n) is 3.08. The summed E-state index contributed by atoms with van der Waals surface area (Å²) in [4.78, 5) is 30.2. The van der Waals surface area contributed by atoms with E-state index < -0.39 is 10.0 Å². The van der Waals surface area contributed by atoms with E-state index in [0.29, 0.717) is 16.5 Å². The molecule has 0 unspecified atom stereocenters. The molecule has 0 atom stereocenters. The molecule has 2 aromatic rings. The molecule has 0 fully saturated rings. The minimum Gasteiger partial charge on any atom is -0.325 e. The van der Waals surface area contributed by atoms with Crippen LogP contribution in [0.3, 0.4) is 0 Å². The first-order valence-corrected chi connectivity index (χ1v) is 9.64. The van der Waals surface area contributed by atoms with Crippen molar-refractivity contribution in [1.82, 2.24) is 14.3 Å². The van der Waals surface area contributed by atoms with Gasteiger partial charge in [0.05, 0.1) is 10.6 Å². The number of aryl methyl sites for hydroxylation is 1. The van der Waals surface area contributed by atoms with Crippen molar-refractivity contribution in [2.45, 2.75) is 17.0 Å². The lowest BCUT2D eigenvalue weighted by Crippen LogP contribution is -2.22. The monoisotopic (exact) mass is 382 g/mol. The maximum atomic E-state index is 12.1. The Morgan fingerprint density at radius 1 is 1.32 bits per heavy atom. The molecule has 1 aromatic heterocycles. The fourth-order valence-electron chi connectivity index (χ4n) is 1.90. The first-order valence-electron chi connectivity index (χ1n) is 7.21. The highest BCUT2D eigenvalue weighted by Gasteiger charge is 2.17. The minimum absolute atomic E-state index is 0.0249. The lowest BCUT2D eigenvalue weighted by atomic mass is 10.3. The van der Waals surface area contributed by atoms with E-state index in [-0.39, 0.29) is 22.1 Å². The van der Waals surface area contributed by atoms with Gasteiger partial charge in [0.2, 0.25) is 15.9 Å². The van der Waals surface area contributed by atoms with Crippen LogP contribution in [0, 0.1) is 6.92 Å². The molecule has 0 aliphatic carbocycles. The third kappa shape index (κ3) is 5.15. The topological polar surface area (TPSA) is 112 Å². The average Bonchev–Trinajstić information content (AvgIpc) is 2.52. The van der Waals surface area contributed by atoms with Crippen molar-refractivity contribution in [1.29, 1.82) is 0 Å². The Labute approximate surface area is 149 Å². The van der Waals surface area contributed by atoms with Gasteiger partial charge in [0.15, 0.2) is 5.16 Å². The van der Waals surface area contributed by atoms with E-state index in [9.17, 15) is 18.0 Å². The highest BCUT2D eigenvalue weighted by molar-refractivity contribution is 7.99. The molecule has 2 N–H and O–H groups in total. The van der Waals surface area contributed by atoms with Gasteiger partial charge in [-0.1, -0.05) is 17.8 Å². The summed E-state index contributed by atoms with van der Waals surface area (Å²) in [6, 6.07) is 7.37. The number of hydrogen-bond acceptors (Lipinski definition) is 6. The SMILES string of the molecule is Cc1cc(=O)[nH]c(SCC(=O)Nc2cccc(S(=O)(=O)N(C)C)c2)n1. The molecular weight excluding hydrogens is 364 g/mol. The van der Waals surface area contributed by atoms with E-state index in [0.717, 1.165) is 16.1 Å². The summed E-state index contributed by atoms with van der Waals surface area (Å²) in [5, 5.41) is 2.98. The molecule has 0 aliphatic rings. The van der Waals surface area contributed by atoms with Crippen LogP contribution in [-0.4, -0.2) is 48.4 Å². The molecule has 0 bridgehead atoms. The first-order chi connectivity index (χ1) is 11.7. The Balaban J connectivity index is 2.05. The zero-order valence-electron chi connectivity index (χ0n) is 13.9. The molecule has 0 aliphatic heterocycles. The highest BCUT2D eigenvalue weighted by Crippen LogP contribution is 2.18. The molecule has 10 heteroatoms. The summed E-state index contributed by atoms with van der Waals surface area (Å²) >= 11 is 1.09. The van der Waals surface area contributed by atoms with Gasteiger partial charge < -0.3 is 10.3 Å². The number of hydrogen-bond donors (Lipinski definition) is 2. The second kappa shape index (κ2) is 7.81. The van der Waals surface area contributed by atoms with Gasteiger partial charge in [-0.15, -0.1) is 0 Å². The second-order valence-corrected chi connectivity index (χ2v) is 8.46. The molecule has 25 heavy (non-hydrogen) atoms.